The first-order valence-corrected chi connectivity index (χ1v) is 4.95. The Morgan fingerprint density at radius 2 is 2.17 bits per heavy atom. The average molecular weight is 284 g/mol. The molecule has 1 rings (SSSR count). The van der Waals surface area contributed by atoms with E-state index in [1.54, 1.807) is 0 Å². The zero-order valence-electron chi connectivity index (χ0n) is 6.83. The highest BCUT2D eigenvalue weighted by Crippen LogP contribution is 2.15. The second-order valence-electron chi connectivity index (χ2n) is 2.89. The van der Waals surface area contributed by atoms with Crippen molar-refractivity contribution in [1.82, 2.24) is 3.11 Å². The van der Waals surface area contributed by atoms with Crippen molar-refractivity contribution in [2.75, 3.05) is 19.7 Å². The summed E-state index contributed by atoms with van der Waals surface area (Å²) in [6.07, 6.45) is 2.22. The lowest BCUT2D eigenvalue weighted by Gasteiger charge is -2.26. The summed E-state index contributed by atoms with van der Waals surface area (Å²) in [5.74, 6) is -0.382. The number of piperidine rings is 1. The van der Waals surface area contributed by atoms with E-state index in [0.29, 0.717) is 0 Å². The molecule has 0 aromatic heterocycles. The fourth-order valence-electron chi connectivity index (χ4n) is 1.19. The number of hydrogen-bond acceptors (Lipinski definition) is 3. The Balaban J connectivity index is 2.13. The number of rotatable bonds is 3. The standard InChI is InChI=1S/C7H13IN2O2/c8-10-3-1-6(2-4-10)12-5-7(9)11/h6H,1-5H2,(H2,9,11). The molecule has 0 spiro atoms. The third-order valence-electron chi connectivity index (χ3n) is 1.85. The quantitative estimate of drug-likeness (QED) is 0.599. The molecule has 0 atom stereocenters. The van der Waals surface area contributed by atoms with Gasteiger partial charge in [0, 0.05) is 36.0 Å². The second kappa shape index (κ2) is 4.98. The first kappa shape index (κ1) is 10.2. The minimum absolute atomic E-state index is 0.0614. The Hall–Kier alpha value is 0.120. The number of amides is 1. The number of carbonyl (C=O) groups is 1. The van der Waals surface area contributed by atoms with Crippen molar-refractivity contribution >= 4 is 28.8 Å². The van der Waals surface area contributed by atoms with Gasteiger partial charge in [0.25, 0.3) is 0 Å². The average Bonchev–Trinajstić information content (AvgIpc) is 2.03. The number of primary amides is 1. The fourth-order valence-corrected chi connectivity index (χ4v) is 1.75. The minimum atomic E-state index is -0.382. The first-order chi connectivity index (χ1) is 5.68. The highest BCUT2D eigenvalue weighted by Gasteiger charge is 2.18. The van der Waals surface area contributed by atoms with Crippen molar-refractivity contribution in [2.24, 2.45) is 5.73 Å². The Labute approximate surface area is 85.9 Å². The number of carbonyl (C=O) groups excluding carboxylic acids is 1. The Morgan fingerprint density at radius 3 is 2.67 bits per heavy atom. The largest absolute Gasteiger partial charge is 0.368 e. The summed E-state index contributed by atoms with van der Waals surface area (Å²) in [4.78, 5) is 10.4. The monoisotopic (exact) mass is 284 g/mol. The van der Waals surface area contributed by atoms with Crippen LogP contribution in [0.25, 0.3) is 0 Å². The van der Waals surface area contributed by atoms with Gasteiger partial charge in [-0.2, -0.15) is 0 Å². The molecular weight excluding hydrogens is 271 g/mol. The van der Waals surface area contributed by atoms with E-state index < -0.39 is 0 Å². The van der Waals surface area contributed by atoms with Crippen molar-refractivity contribution in [1.29, 1.82) is 0 Å². The maximum absolute atomic E-state index is 10.4. The van der Waals surface area contributed by atoms with E-state index in [4.69, 9.17) is 10.5 Å². The zero-order chi connectivity index (χ0) is 8.97. The van der Waals surface area contributed by atoms with Gasteiger partial charge >= 0.3 is 0 Å². The molecule has 0 radical (unpaired) electrons. The van der Waals surface area contributed by atoms with Crippen molar-refractivity contribution in [3.8, 4) is 0 Å². The first-order valence-electron chi connectivity index (χ1n) is 3.99. The molecule has 1 fully saturated rings. The maximum atomic E-state index is 10.4. The highest BCUT2D eigenvalue weighted by atomic mass is 127. The molecule has 1 aliphatic rings. The molecule has 0 aliphatic carbocycles. The van der Waals surface area contributed by atoms with Crippen LogP contribution in [-0.4, -0.2) is 34.8 Å². The molecule has 5 heteroatoms. The fraction of sp³-hybridized carbons (Fsp3) is 0.857. The summed E-state index contributed by atoms with van der Waals surface area (Å²) in [6, 6.07) is 0. The number of nitrogens with zero attached hydrogens (tertiary/aromatic N) is 1. The molecule has 0 unspecified atom stereocenters. The van der Waals surface area contributed by atoms with Crippen LogP contribution in [0.2, 0.25) is 0 Å². The van der Waals surface area contributed by atoms with E-state index in [1.165, 1.54) is 0 Å². The summed E-state index contributed by atoms with van der Waals surface area (Å²) < 4.78 is 7.51. The highest BCUT2D eigenvalue weighted by molar-refractivity contribution is 14.1. The van der Waals surface area contributed by atoms with Crippen LogP contribution in [0.1, 0.15) is 12.8 Å². The topological polar surface area (TPSA) is 55.6 Å². The molecule has 0 bridgehead atoms. The van der Waals surface area contributed by atoms with Crippen LogP contribution in [0.5, 0.6) is 0 Å². The predicted octanol–water partition coefficient (Wildman–Crippen LogP) is 0.303. The van der Waals surface area contributed by atoms with Crippen LogP contribution in [0.15, 0.2) is 0 Å². The molecule has 0 aromatic carbocycles. The Kier molecular flexibility index (Phi) is 4.24. The zero-order valence-corrected chi connectivity index (χ0v) is 8.99. The van der Waals surface area contributed by atoms with Gasteiger partial charge in [0.15, 0.2) is 0 Å². The number of halogens is 1. The van der Waals surface area contributed by atoms with Gasteiger partial charge in [-0.25, -0.2) is 3.11 Å². The summed E-state index contributed by atoms with van der Waals surface area (Å²) in [6.45, 7) is 2.12. The van der Waals surface area contributed by atoms with Crippen LogP contribution in [-0.2, 0) is 9.53 Å². The Morgan fingerprint density at radius 1 is 1.58 bits per heavy atom. The third kappa shape index (κ3) is 3.68. The van der Waals surface area contributed by atoms with Crippen LogP contribution >= 0.6 is 22.9 Å². The van der Waals surface area contributed by atoms with Crippen LogP contribution in [0.3, 0.4) is 0 Å². The molecule has 0 saturated carbocycles. The van der Waals surface area contributed by atoms with E-state index >= 15 is 0 Å². The van der Waals surface area contributed by atoms with E-state index in [1.807, 2.05) is 0 Å². The lowest BCUT2D eigenvalue weighted by molar-refractivity contribution is -0.125. The number of nitrogens with two attached hydrogens (primary N) is 1. The molecule has 12 heavy (non-hydrogen) atoms. The number of ether oxygens (including phenoxy) is 1. The summed E-state index contributed by atoms with van der Waals surface area (Å²) in [5.41, 5.74) is 4.96. The molecule has 1 aliphatic heterocycles. The molecule has 2 N–H and O–H groups in total. The molecule has 1 heterocycles. The smallest absolute Gasteiger partial charge is 0.243 e. The van der Waals surface area contributed by atoms with Gasteiger partial charge in [-0.05, 0) is 12.8 Å². The van der Waals surface area contributed by atoms with E-state index in [2.05, 4.69) is 26.0 Å². The minimum Gasteiger partial charge on any atom is -0.368 e. The Bertz CT molecular complexity index is 157. The van der Waals surface area contributed by atoms with Gasteiger partial charge in [0.2, 0.25) is 5.91 Å². The van der Waals surface area contributed by atoms with Crippen LogP contribution in [0.4, 0.5) is 0 Å². The normalized spacial score (nSPS) is 21.1. The molecule has 1 saturated heterocycles. The van der Waals surface area contributed by atoms with Gasteiger partial charge < -0.3 is 10.5 Å². The van der Waals surface area contributed by atoms with Crippen molar-refractivity contribution in [3.05, 3.63) is 0 Å². The van der Waals surface area contributed by atoms with Crippen molar-refractivity contribution in [2.45, 2.75) is 18.9 Å². The van der Waals surface area contributed by atoms with E-state index in [9.17, 15) is 4.79 Å². The van der Waals surface area contributed by atoms with Crippen molar-refractivity contribution < 1.29 is 9.53 Å². The summed E-state index contributed by atoms with van der Waals surface area (Å²) in [5, 5.41) is 0. The van der Waals surface area contributed by atoms with Gasteiger partial charge in [0.1, 0.15) is 6.61 Å². The molecular formula is C7H13IN2O2. The predicted molar refractivity (Wildman–Crippen MR) is 53.8 cm³/mol. The van der Waals surface area contributed by atoms with Gasteiger partial charge in [-0.1, -0.05) is 0 Å². The molecule has 1 amide bonds. The molecule has 70 valence electrons. The SMILES string of the molecule is NC(=O)COC1CCN(I)CC1. The van der Waals surface area contributed by atoms with E-state index in [0.717, 1.165) is 25.9 Å². The van der Waals surface area contributed by atoms with Gasteiger partial charge in [0.05, 0.1) is 6.10 Å². The second-order valence-corrected chi connectivity index (χ2v) is 4.25. The maximum Gasteiger partial charge on any atom is 0.243 e. The third-order valence-corrected chi connectivity index (χ3v) is 2.81. The lowest BCUT2D eigenvalue weighted by atomic mass is 10.1. The van der Waals surface area contributed by atoms with E-state index in [-0.39, 0.29) is 18.6 Å². The van der Waals surface area contributed by atoms with Crippen molar-refractivity contribution in [3.63, 3.8) is 0 Å². The summed E-state index contributed by atoms with van der Waals surface area (Å²) >= 11 is 2.29. The molecule has 4 nitrogen and oxygen atoms in total. The van der Waals surface area contributed by atoms with Gasteiger partial charge in [-0.3, -0.25) is 4.79 Å². The summed E-state index contributed by atoms with van der Waals surface area (Å²) in [7, 11) is 0. The van der Waals surface area contributed by atoms with Crippen LogP contribution < -0.4 is 5.73 Å². The van der Waals surface area contributed by atoms with Crippen LogP contribution in [0, 0.1) is 0 Å². The van der Waals surface area contributed by atoms with Gasteiger partial charge in [-0.15, -0.1) is 0 Å². The lowest BCUT2D eigenvalue weighted by Crippen LogP contribution is -2.33. The molecule has 0 aromatic rings. The number of hydrogen-bond donors (Lipinski definition) is 1.